The van der Waals surface area contributed by atoms with Crippen LogP contribution in [0.3, 0.4) is 0 Å². The molecule has 1 aliphatic heterocycles. The number of esters is 1. The summed E-state index contributed by atoms with van der Waals surface area (Å²) >= 11 is 0. The van der Waals surface area contributed by atoms with E-state index in [1.807, 2.05) is 30.3 Å². The molecule has 124 valence electrons. The number of methoxy groups -OCH3 is 1. The minimum Gasteiger partial charge on any atom is -0.508 e. The van der Waals surface area contributed by atoms with Gasteiger partial charge in [-0.15, -0.1) is 0 Å². The molecule has 1 heterocycles. The second-order valence-electron chi connectivity index (χ2n) is 5.72. The van der Waals surface area contributed by atoms with Crippen molar-refractivity contribution in [3.63, 3.8) is 0 Å². The van der Waals surface area contributed by atoms with Crippen LogP contribution in [-0.2, 0) is 20.9 Å². The molecule has 7 heteroatoms. The van der Waals surface area contributed by atoms with Crippen LogP contribution < -0.4 is 5.11 Å². The van der Waals surface area contributed by atoms with Crippen molar-refractivity contribution in [2.45, 2.75) is 38.0 Å². The van der Waals surface area contributed by atoms with Crippen LogP contribution in [-0.4, -0.2) is 42.2 Å². The topological polar surface area (TPSA) is 92.1 Å². The molecule has 1 aliphatic rings. The van der Waals surface area contributed by atoms with Crippen LogP contribution >= 0.6 is 0 Å². The highest BCUT2D eigenvalue weighted by atomic mass is 16.6. The molecule has 7 nitrogen and oxygen atoms in total. The van der Waals surface area contributed by atoms with E-state index in [2.05, 4.69) is 5.11 Å². The first kappa shape index (κ1) is 16.9. The van der Waals surface area contributed by atoms with E-state index in [4.69, 9.17) is 9.47 Å². The van der Waals surface area contributed by atoms with E-state index >= 15 is 0 Å². The number of carbonyl (C=O) groups is 2. The number of piperidine rings is 1. The molecule has 1 saturated heterocycles. The van der Waals surface area contributed by atoms with E-state index in [1.54, 1.807) is 11.8 Å². The van der Waals surface area contributed by atoms with Crippen molar-refractivity contribution in [2.24, 2.45) is 0 Å². The summed E-state index contributed by atoms with van der Waals surface area (Å²) in [5.41, 5.74) is 9.08. The van der Waals surface area contributed by atoms with Crippen LogP contribution in [0.1, 0.15) is 25.3 Å². The first-order valence-electron chi connectivity index (χ1n) is 7.49. The van der Waals surface area contributed by atoms with Crippen molar-refractivity contribution in [3.05, 3.63) is 41.4 Å². The number of hydrogen-bond acceptors (Lipinski definition) is 4. The molecule has 0 unspecified atom stereocenters. The Hall–Kier alpha value is -2.44. The van der Waals surface area contributed by atoms with Crippen LogP contribution in [0.25, 0.3) is 5.53 Å². The second-order valence-corrected chi connectivity index (χ2v) is 5.72. The molecule has 2 rings (SSSR count). The summed E-state index contributed by atoms with van der Waals surface area (Å²) in [6.45, 7) is 2.29. The number of nitrogens with one attached hydrogen (secondary N) is 1. The molecule has 0 spiro atoms. The lowest BCUT2D eigenvalue weighted by atomic mass is 9.84. The predicted octanol–water partition coefficient (Wildman–Crippen LogP) is 0.821. The third kappa shape index (κ3) is 3.67. The van der Waals surface area contributed by atoms with Crippen LogP contribution in [0.15, 0.2) is 30.3 Å². The zero-order chi connectivity index (χ0) is 16.9. The average Bonchev–Trinajstić information content (AvgIpc) is 2.59. The van der Waals surface area contributed by atoms with Crippen LogP contribution in [0.5, 0.6) is 0 Å². The van der Waals surface area contributed by atoms with Gasteiger partial charge in [-0.1, -0.05) is 30.3 Å². The number of likely N-dealkylation sites (tertiary alicyclic amines) is 1. The Morgan fingerprint density at radius 3 is 2.65 bits per heavy atom. The van der Waals surface area contributed by atoms with E-state index in [0.29, 0.717) is 0 Å². The minimum absolute atomic E-state index is 0.198. The quantitative estimate of drug-likeness (QED) is 0.657. The normalized spacial score (nSPS) is 23.9. The Morgan fingerprint density at radius 1 is 1.39 bits per heavy atom. The van der Waals surface area contributed by atoms with Crippen molar-refractivity contribution in [1.82, 2.24) is 4.90 Å². The Labute approximate surface area is 135 Å². The lowest BCUT2D eigenvalue weighted by molar-refractivity contribution is -0.565. The van der Waals surface area contributed by atoms with E-state index in [-0.39, 0.29) is 32.0 Å². The monoisotopic (exact) mass is 319 g/mol. The van der Waals surface area contributed by atoms with Crippen molar-refractivity contribution in [2.75, 3.05) is 13.7 Å². The molecule has 0 saturated carbocycles. The molecular weight excluding hydrogens is 298 g/mol. The fourth-order valence-electron chi connectivity index (χ4n) is 2.85. The first-order chi connectivity index (χ1) is 11.0. The lowest BCUT2D eigenvalue weighted by Gasteiger charge is -2.38. The highest BCUT2D eigenvalue weighted by molar-refractivity contribution is 5.79. The smallest absolute Gasteiger partial charge is 0.410 e. The van der Waals surface area contributed by atoms with Gasteiger partial charge in [-0.25, -0.2) is 9.59 Å². The van der Waals surface area contributed by atoms with Crippen LogP contribution in [0.2, 0.25) is 0 Å². The van der Waals surface area contributed by atoms with Gasteiger partial charge in [-0.05, 0) is 12.5 Å². The molecule has 23 heavy (non-hydrogen) atoms. The van der Waals surface area contributed by atoms with Gasteiger partial charge in [-0.2, -0.15) is 0 Å². The van der Waals surface area contributed by atoms with E-state index in [0.717, 1.165) is 5.56 Å². The standard InChI is InChI=1S/C16H21N3O4/c1-12-10-16(18-17,14(20)22-2)8-9-19(12)15(21)23-11-13-6-4-3-5-7-13/h3-7,12,18H,8-11H2,1-2H3/t12-,16+/m0/s1. The maximum atomic E-state index is 12.2. The fourth-order valence-corrected chi connectivity index (χ4v) is 2.85. The average molecular weight is 319 g/mol. The third-order valence-corrected chi connectivity index (χ3v) is 4.19. The van der Waals surface area contributed by atoms with Gasteiger partial charge < -0.3 is 25.0 Å². The van der Waals surface area contributed by atoms with Crippen molar-refractivity contribution in [1.29, 1.82) is 0 Å². The summed E-state index contributed by atoms with van der Waals surface area (Å²) < 4.78 is 10.1. The highest BCUT2D eigenvalue weighted by Gasteiger charge is 2.49. The zero-order valence-electron chi connectivity index (χ0n) is 13.3. The highest BCUT2D eigenvalue weighted by Crippen LogP contribution is 2.25. The summed E-state index contributed by atoms with van der Waals surface area (Å²) in [6.07, 6.45) is 0.0649. The summed E-state index contributed by atoms with van der Waals surface area (Å²) in [5, 5.41) is 2.06. The van der Waals surface area contributed by atoms with Crippen LogP contribution in [0.4, 0.5) is 4.79 Å². The first-order valence-corrected chi connectivity index (χ1v) is 7.49. The number of benzene rings is 1. The molecule has 0 radical (unpaired) electrons. The summed E-state index contributed by atoms with van der Waals surface area (Å²) in [5.74, 6) is -0.538. The third-order valence-electron chi connectivity index (χ3n) is 4.19. The largest absolute Gasteiger partial charge is 0.508 e. The molecule has 1 N–H and O–H groups in total. The molecule has 1 fully saturated rings. The van der Waals surface area contributed by atoms with Gasteiger partial charge in [0.05, 0.1) is 7.11 Å². The molecule has 0 aliphatic carbocycles. The van der Waals surface area contributed by atoms with Gasteiger partial charge in [0.2, 0.25) is 0 Å². The van der Waals surface area contributed by atoms with Gasteiger partial charge in [0, 0.05) is 25.4 Å². The van der Waals surface area contributed by atoms with Gasteiger partial charge in [-0.3, -0.25) is 0 Å². The van der Waals surface area contributed by atoms with Gasteiger partial charge in [0.15, 0.2) is 0 Å². The number of rotatable bonds is 4. The number of nitrogens with zero attached hydrogens (tertiary/aromatic N) is 2. The summed E-state index contributed by atoms with van der Waals surface area (Å²) in [6, 6.07) is 9.14. The molecular formula is C16H21N3O4. The molecule has 2 atom stereocenters. The Kier molecular flexibility index (Phi) is 5.31. The van der Waals surface area contributed by atoms with E-state index in [1.165, 1.54) is 7.11 Å². The Balaban J connectivity index is 1.96. The number of hydrogen-bond donors (Lipinski definition) is 1. The zero-order valence-corrected chi connectivity index (χ0v) is 13.3. The van der Waals surface area contributed by atoms with Gasteiger partial charge in [0.1, 0.15) is 6.61 Å². The summed E-state index contributed by atoms with van der Waals surface area (Å²) in [4.78, 5) is 25.7. The molecule has 1 aromatic rings. The number of ether oxygens (including phenoxy) is 2. The fraction of sp³-hybridized carbons (Fsp3) is 0.500. The Morgan fingerprint density at radius 2 is 2.09 bits per heavy atom. The maximum Gasteiger partial charge on any atom is 0.410 e. The number of carbonyl (C=O) groups excluding carboxylic acids is 2. The second kappa shape index (κ2) is 7.21. The lowest BCUT2D eigenvalue weighted by Crippen LogP contribution is -2.87. The molecule has 0 bridgehead atoms. The van der Waals surface area contributed by atoms with Gasteiger partial charge >= 0.3 is 12.1 Å². The van der Waals surface area contributed by atoms with Crippen LogP contribution in [0, 0.1) is 0 Å². The molecule has 1 aromatic carbocycles. The van der Waals surface area contributed by atoms with E-state index in [9.17, 15) is 15.1 Å². The Bertz CT molecular complexity index is 578. The van der Waals surface area contributed by atoms with Crippen molar-refractivity contribution >= 4 is 12.1 Å². The van der Waals surface area contributed by atoms with Crippen molar-refractivity contribution in [3.8, 4) is 0 Å². The van der Waals surface area contributed by atoms with Crippen molar-refractivity contribution < 1.29 is 24.2 Å². The van der Waals surface area contributed by atoms with Gasteiger partial charge in [0.25, 0.3) is 5.54 Å². The summed E-state index contributed by atoms with van der Waals surface area (Å²) in [7, 11) is 1.27. The molecule has 1 amide bonds. The van der Waals surface area contributed by atoms with E-state index < -0.39 is 17.6 Å². The minimum atomic E-state index is -1.18. The predicted molar refractivity (Wildman–Crippen MR) is 81.1 cm³/mol. The molecule has 0 aromatic heterocycles. The maximum absolute atomic E-state index is 12.2. The SMILES string of the molecule is COC(=O)[C@@]1([NH+]=[N-])CCN(C(=O)OCc2ccccc2)[C@@H](C)C1. The number of amides is 1.